The van der Waals surface area contributed by atoms with E-state index in [0.717, 1.165) is 25.3 Å². The van der Waals surface area contributed by atoms with Crippen LogP contribution in [0.3, 0.4) is 0 Å². The Morgan fingerprint density at radius 1 is 1.21 bits per heavy atom. The zero-order chi connectivity index (χ0) is 14.3. The number of ether oxygens (including phenoxy) is 1. The second kappa shape index (κ2) is 8.31. The number of hydrogen-bond donors (Lipinski definition) is 1. The topological polar surface area (TPSA) is 32.7 Å². The van der Waals surface area contributed by atoms with E-state index in [4.69, 9.17) is 4.74 Å². The molecule has 3 nitrogen and oxygen atoms in total. The molecular formula is C16H27NO2. The van der Waals surface area contributed by atoms with Gasteiger partial charge in [-0.25, -0.2) is 0 Å². The molecule has 0 aliphatic carbocycles. The summed E-state index contributed by atoms with van der Waals surface area (Å²) in [7, 11) is 1.73. The molecule has 1 aromatic carbocycles. The first-order valence-electron chi connectivity index (χ1n) is 7.06. The zero-order valence-electron chi connectivity index (χ0n) is 12.5. The number of likely N-dealkylation sites (N-methyl/N-ethyl adjacent to an activating group) is 1. The highest BCUT2D eigenvalue weighted by atomic mass is 16.5. The Balaban J connectivity index is 2.59. The van der Waals surface area contributed by atoms with Crippen LogP contribution in [0.5, 0.6) is 0 Å². The Kier molecular flexibility index (Phi) is 7.06. The summed E-state index contributed by atoms with van der Waals surface area (Å²) in [6.07, 6.45) is -0.412. The van der Waals surface area contributed by atoms with Crippen molar-refractivity contribution in [2.45, 2.75) is 32.9 Å². The first-order chi connectivity index (χ1) is 9.10. The van der Waals surface area contributed by atoms with Crippen LogP contribution in [0.2, 0.25) is 0 Å². The van der Waals surface area contributed by atoms with Crippen molar-refractivity contribution in [3.8, 4) is 0 Å². The minimum Gasteiger partial charge on any atom is -0.388 e. The van der Waals surface area contributed by atoms with Crippen LogP contribution in [0.1, 0.15) is 32.4 Å². The van der Waals surface area contributed by atoms with Crippen LogP contribution in [-0.4, -0.2) is 42.9 Å². The highest BCUT2D eigenvalue weighted by Crippen LogP contribution is 2.22. The molecule has 0 amide bonds. The van der Waals surface area contributed by atoms with Crippen molar-refractivity contribution in [2.75, 3.05) is 26.8 Å². The van der Waals surface area contributed by atoms with E-state index < -0.39 is 6.10 Å². The molecule has 0 bridgehead atoms. The molecule has 19 heavy (non-hydrogen) atoms. The van der Waals surface area contributed by atoms with Crippen LogP contribution in [0.25, 0.3) is 0 Å². The first kappa shape index (κ1) is 16.2. The third-order valence-electron chi connectivity index (χ3n) is 3.64. The summed E-state index contributed by atoms with van der Waals surface area (Å²) in [6.45, 7) is 8.97. The van der Waals surface area contributed by atoms with Gasteiger partial charge in [0.25, 0.3) is 0 Å². The number of aliphatic hydroxyl groups is 1. The second-order valence-electron chi connectivity index (χ2n) is 5.22. The lowest BCUT2D eigenvalue weighted by molar-refractivity contribution is 0.0540. The fraction of sp³-hybridized carbons (Fsp3) is 0.625. The van der Waals surface area contributed by atoms with E-state index in [1.807, 2.05) is 30.3 Å². The van der Waals surface area contributed by atoms with Gasteiger partial charge in [-0.3, -0.25) is 4.90 Å². The quantitative estimate of drug-likeness (QED) is 0.784. The van der Waals surface area contributed by atoms with Crippen LogP contribution in [0.4, 0.5) is 0 Å². The fourth-order valence-electron chi connectivity index (χ4n) is 2.42. The molecule has 3 unspecified atom stereocenters. The summed E-state index contributed by atoms with van der Waals surface area (Å²) in [6, 6.07) is 10.2. The third-order valence-corrected chi connectivity index (χ3v) is 3.64. The van der Waals surface area contributed by atoms with E-state index >= 15 is 0 Å². The number of benzene rings is 1. The van der Waals surface area contributed by atoms with Crippen LogP contribution in [0, 0.1) is 5.92 Å². The molecule has 0 aliphatic rings. The molecule has 1 rings (SSSR count). The SMILES string of the molecule is CCN(CC(C)C(O)c1ccccc1)C(C)COC. The Morgan fingerprint density at radius 2 is 1.84 bits per heavy atom. The van der Waals surface area contributed by atoms with Crippen molar-refractivity contribution in [3.05, 3.63) is 35.9 Å². The first-order valence-corrected chi connectivity index (χ1v) is 7.06. The van der Waals surface area contributed by atoms with E-state index in [0.29, 0.717) is 6.04 Å². The molecule has 0 radical (unpaired) electrons. The molecule has 108 valence electrons. The van der Waals surface area contributed by atoms with Gasteiger partial charge >= 0.3 is 0 Å². The van der Waals surface area contributed by atoms with E-state index in [1.54, 1.807) is 7.11 Å². The minimum atomic E-state index is -0.412. The lowest BCUT2D eigenvalue weighted by atomic mass is 9.96. The Hall–Kier alpha value is -0.900. The Bertz CT molecular complexity index is 342. The van der Waals surface area contributed by atoms with Gasteiger partial charge in [0.2, 0.25) is 0 Å². The highest BCUT2D eigenvalue weighted by molar-refractivity contribution is 5.17. The summed E-state index contributed by atoms with van der Waals surface area (Å²) >= 11 is 0. The second-order valence-corrected chi connectivity index (χ2v) is 5.22. The summed E-state index contributed by atoms with van der Waals surface area (Å²) < 4.78 is 5.21. The van der Waals surface area contributed by atoms with Crippen LogP contribution in [0.15, 0.2) is 30.3 Å². The van der Waals surface area contributed by atoms with Gasteiger partial charge in [-0.1, -0.05) is 44.2 Å². The monoisotopic (exact) mass is 265 g/mol. The van der Waals surface area contributed by atoms with E-state index in [-0.39, 0.29) is 5.92 Å². The number of rotatable bonds is 8. The van der Waals surface area contributed by atoms with Gasteiger partial charge in [0.1, 0.15) is 0 Å². The molecule has 3 heteroatoms. The van der Waals surface area contributed by atoms with Crippen LogP contribution >= 0.6 is 0 Å². The molecule has 0 fully saturated rings. The van der Waals surface area contributed by atoms with Gasteiger partial charge in [-0.05, 0) is 24.9 Å². The summed E-state index contributed by atoms with van der Waals surface area (Å²) in [5.74, 6) is 0.196. The van der Waals surface area contributed by atoms with Gasteiger partial charge in [0, 0.05) is 19.7 Å². The van der Waals surface area contributed by atoms with Crippen molar-refractivity contribution >= 4 is 0 Å². The van der Waals surface area contributed by atoms with E-state index in [2.05, 4.69) is 25.7 Å². The smallest absolute Gasteiger partial charge is 0.0827 e. The van der Waals surface area contributed by atoms with E-state index in [1.165, 1.54) is 0 Å². The molecule has 1 aromatic rings. The molecule has 0 aromatic heterocycles. The van der Waals surface area contributed by atoms with Crippen molar-refractivity contribution in [1.29, 1.82) is 0 Å². The molecule has 0 saturated carbocycles. The minimum absolute atomic E-state index is 0.196. The summed E-state index contributed by atoms with van der Waals surface area (Å²) in [5, 5.41) is 10.4. The molecule has 3 atom stereocenters. The summed E-state index contributed by atoms with van der Waals surface area (Å²) in [5.41, 5.74) is 0.991. The van der Waals surface area contributed by atoms with Gasteiger partial charge < -0.3 is 9.84 Å². The number of hydrogen-bond acceptors (Lipinski definition) is 3. The average molecular weight is 265 g/mol. The molecule has 0 spiro atoms. The molecular weight excluding hydrogens is 238 g/mol. The fourth-order valence-corrected chi connectivity index (χ4v) is 2.42. The predicted octanol–water partition coefficient (Wildman–Crippen LogP) is 2.71. The van der Waals surface area contributed by atoms with E-state index in [9.17, 15) is 5.11 Å². The lowest BCUT2D eigenvalue weighted by Crippen LogP contribution is -2.40. The normalized spacial score (nSPS) is 16.3. The van der Waals surface area contributed by atoms with Gasteiger partial charge in [0.05, 0.1) is 12.7 Å². The van der Waals surface area contributed by atoms with Crippen LogP contribution < -0.4 is 0 Å². The molecule has 0 heterocycles. The van der Waals surface area contributed by atoms with Crippen molar-refractivity contribution in [3.63, 3.8) is 0 Å². The van der Waals surface area contributed by atoms with Crippen LogP contribution in [-0.2, 0) is 4.74 Å². The third kappa shape index (κ3) is 4.94. The maximum absolute atomic E-state index is 10.4. The highest BCUT2D eigenvalue weighted by Gasteiger charge is 2.21. The van der Waals surface area contributed by atoms with Gasteiger partial charge in [-0.15, -0.1) is 0 Å². The molecule has 0 aliphatic heterocycles. The maximum atomic E-state index is 10.4. The van der Waals surface area contributed by atoms with Crippen molar-refractivity contribution in [1.82, 2.24) is 4.90 Å². The zero-order valence-corrected chi connectivity index (χ0v) is 12.5. The lowest BCUT2D eigenvalue weighted by Gasteiger charge is -2.31. The Morgan fingerprint density at radius 3 is 2.37 bits per heavy atom. The summed E-state index contributed by atoms with van der Waals surface area (Å²) in [4.78, 5) is 2.35. The largest absolute Gasteiger partial charge is 0.388 e. The number of nitrogens with zero attached hydrogens (tertiary/aromatic N) is 1. The van der Waals surface area contributed by atoms with Crippen molar-refractivity contribution in [2.24, 2.45) is 5.92 Å². The Labute approximate surface area is 117 Å². The number of aliphatic hydroxyl groups excluding tert-OH is 1. The van der Waals surface area contributed by atoms with Gasteiger partial charge in [0.15, 0.2) is 0 Å². The average Bonchev–Trinajstić information content (AvgIpc) is 2.44. The number of methoxy groups -OCH3 is 1. The van der Waals surface area contributed by atoms with Gasteiger partial charge in [-0.2, -0.15) is 0 Å². The maximum Gasteiger partial charge on any atom is 0.0827 e. The predicted molar refractivity (Wildman–Crippen MR) is 79.2 cm³/mol. The van der Waals surface area contributed by atoms with Crippen molar-refractivity contribution < 1.29 is 9.84 Å². The standard InChI is InChI=1S/C16H27NO2/c1-5-17(14(3)12-19-4)11-13(2)16(18)15-9-7-6-8-10-15/h6-10,13-14,16,18H,5,11-12H2,1-4H3. The molecule has 0 saturated heterocycles. The molecule has 1 N–H and O–H groups in total.